The molecular weight excluding hydrogens is 436 g/mol. The van der Waals surface area contributed by atoms with Crippen molar-refractivity contribution < 1.29 is 17.9 Å². The number of rotatable bonds is 8. The molecule has 3 rings (SSSR count). The van der Waals surface area contributed by atoms with Crippen LogP contribution in [0.25, 0.3) is 0 Å². The molecule has 8 heteroatoms. The minimum atomic E-state index is -3.85. The molecule has 0 atom stereocenters. The Balaban J connectivity index is 1.73. The van der Waals surface area contributed by atoms with E-state index in [1.165, 1.54) is 18.2 Å². The van der Waals surface area contributed by atoms with Crippen LogP contribution in [0.5, 0.6) is 5.75 Å². The number of carbonyl (C=O) groups is 1. The second-order valence-electron chi connectivity index (χ2n) is 6.89. The standard InChI is InChI=1S/C23H23ClN2O4S/c1-3-30-20-10-8-17(9-11-20)13-23(27)25-22-15-21(12-7-16(22)2)31(28,29)26-19-6-4-5-18(24)14-19/h4-12,14-15,26H,3,13H2,1-2H3,(H,25,27). The van der Waals surface area contributed by atoms with Crippen LogP contribution in [0.15, 0.2) is 71.6 Å². The lowest BCUT2D eigenvalue weighted by Crippen LogP contribution is -2.17. The summed E-state index contributed by atoms with van der Waals surface area (Å²) in [6.45, 7) is 4.28. The van der Waals surface area contributed by atoms with Crippen molar-refractivity contribution in [3.05, 3.63) is 82.9 Å². The smallest absolute Gasteiger partial charge is 0.261 e. The van der Waals surface area contributed by atoms with Crippen LogP contribution in [-0.4, -0.2) is 20.9 Å². The van der Waals surface area contributed by atoms with Gasteiger partial charge in [0.2, 0.25) is 5.91 Å². The summed E-state index contributed by atoms with van der Waals surface area (Å²) in [5, 5.41) is 3.22. The summed E-state index contributed by atoms with van der Waals surface area (Å²) in [6, 6.07) is 18.3. The van der Waals surface area contributed by atoms with Crippen LogP contribution in [0.4, 0.5) is 11.4 Å². The summed E-state index contributed by atoms with van der Waals surface area (Å²) in [5.74, 6) is 0.497. The zero-order chi connectivity index (χ0) is 22.4. The first-order chi connectivity index (χ1) is 14.8. The van der Waals surface area contributed by atoms with Crippen molar-refractivity contribution >= 4 is 38.9 Å². The van der Waals surface area contributed by atoms with Crippen molar-refractivity contribution in [2.75, 3.05) is 16.6 Å². The quantitative estimate of drug-likeness (QED) is 0.495. The number of benzene rings is 3. The van der Waals surface area contributed by atoms with Gasteiger partial charge in [0.05, 0.1) is 23.6 Å². The summed E-state index contributed by atoms with van der Waals surface area (Å²) in [4.78, 5) is 12.5. The van der Waals surface area contributed by atoms with E-state index < -0.39 is 10.0 Å². The molecule has 0 spiro atoms. The Morgan fingerprint density at radius 1 is 1.03 bits per heavy atom. The molecule has 3 aromatic rings. The Hall–Kier alpha value is -3.03. The molecule has 0 saturated carbocycles. The van der Waals surface area contributed by atoms with Gasteiger partial charge in [-0.05, 0) is 67.4 Å². The normalized spacial score (nSPS) is 11.1. The molecule has 1 amide bonds. The Morgan fingerprint density at radius 3 is 2.45 bits per heavy atom. The van der Waals surface area contributed by atoms with Gasteiger partial charge in [-0.2, -0.15) is 0 Å². The predicted octanol–water partition coefficient (Wildman–Crippen LogP) is 5.03. The minimum absolute atomic E-state index is 0.0365. The highest BCUT2D eigenvalue weighted by molar-refractivity contribution is 7.92. The number of hydrogen-bond acceptors (Lipinski definition) is 4. The van der Waals surface area contributed by atoms with Gasteiger partial charge in [0.1, 0.15) is 5.75 Å². The minimum Gasteiger partial charge on any atom is -0.494 e. The number of aryl methyl sites for hydroxylation is 1. The first-order valence-corrected chi connectivity index (χ1v) is 11.5. The first-order valence-electron chi connectivity index (χ1n) is 9.67. The van der Waals surface area contributed by atoms with Crippen LogP contribution in [0.2, 0.25) is 5.02 Å². The maximum Gasteiger partial charge on any atom is 0.261 e. The SMILES string of the molecule is CCOc1ccc(CC(=O)Nc2cc(S(=O)(=O)Nc3cccc(Cl)c3)ccc2C)cc1. The zero-order valence-corrected chi connectivity index (χ0v) is 18.8. The van der Waals surface area contributed by atoms with E-state index in [-0.39, 0.29) is 17.2 Å². The molecule has 0 heterocycles. The summed E-state index contributed by atoms with van der Waals surface area (Å²) < 4.78 is 33.4. The fourth-order valence-corrected chi connectivity index (χ4v) is 4.18. The number of hydrogen-bond donors (Lipinski definition) is 2. The molecular formula is C23H23ClN2O4S. The molecule has 0 saturated heterocycles. The lowest BCUT2D eigenvalue weighted by atomic mass is 10.1. The fraction of sp³-hybridized carbons (Fsp3) is 0.174. The second kappa shape index (κ2) is 9.85. The summed E-state index contributed by atoms with van der Waals surface area (Å²) in [5.41, 5.74) is 2.37. The van der Waals surface area contributed by atoms with Crippen molar-refractivity contribution in [1.29, 1.82) is 0 Å². The number of nitrogens with one attached hydrogen (secondary N) is 2. The highest BCUT2D eigenvalue weighted by Crippen LogP contribution is 2.24. The summed E-state index contributed by atoms with van der Waals surface area (Å²) in [6.07, 6.45) is 0.156. The third-order valence-corrected chi connectivity index (χ3v) is 6.08. The third-order valence-electron chi connectivity index (χ3n) is 4.47. The van der Waals surface area contributed by atoms with E-state index >= 15 is 0 Å². The number of sulfonamides is 1. The molecule has 0 unspecified atom stereocenters. The van der Waals surface area contributed by atoms with Crippen LogP contribution in [-0.2, 0) is 21.2 Å². The van der Waals surface area contributed by atoms with E-state index in [0.717, 1.165) is 16.9 Å². The fourth-order valence-electron chi connectivity index (χ4n) is 2.92. The zero-order valence-electron chi connectivity index (χ0n) is 17.2. The van der Waals surface area contributed by atoms with E-state index in [2.05, 4.69) is 10.0 Å². The van der Waals surface area contributed by atoms with Gasteiger partial charge >= 0.3 is 0 Å². The number of ether oxygens (including phenoxy) is 1. The lowest BCUT2D eigenvalue weighted by Gasteiger charge is -2.13. The van der Waals surface area contributed by atoms with Crippen molar-refractivity contribution in [3.63, 3.8) is 0 Å². The molecule has 0 radical (unpaired) electrons. The molecule has 2 N–H and O–H groups in total. The summed E-state index contributed by atoms with van der Waals surface area (Å²) >= 11 is 5.92. The van der Waals surface area contributed by atoms with E-state index in [1.54, 1.807) is 31.2 Å². The van der Waals surface area contributed by atoms with Crippen LogP contribution < -0.4 is 14.8 Å². The van der Waals surface area contributed by atoms with E-state index in [4.69, 9.17) is 16.3 Å². The highest BCUT2D eigenvalue weighted by atomic mass is 35.5. The molecule has 0 aliphatic rings. The number of carbonyl (C=O) groups excluding carboxylic acids is 1. The Morgan fingerprint density at radius 2 is 1.77 bits per heavy atom. The molecule has 162 valence electrons. The van der Waals surface area contributed by atoms with Crippen molar-refractivity contribution in [1.82, 2.24) is 0 Å². The predicted molar refractivity (Wildman–Crippen MR) is 123 cm³/mol. The van der Waals surface area contributed by atoms with Gasteiger partial charge in [0.15, 0.2) is 0 Å². The number of halogens is 1. The van der Waals surface area contributed by atoms with Crippen LogP contribution >= 0.6 is 11.6 Å². The van der Waals surface area contributed by atoms with Crippen LogP contribution in [0.1, 0.15) is 18.1 Å². The molecule has 3 aromatic carbocycles. The van der Waals surface area contributed by atoms with E-state index in [1.807, 2.05) is 31.2 Å². The maximum absolute atomic E-state index is 12.8. The van der Waals surface area contributed by atoms with E-state index in [0.29, 0.717) is 23.0 Å². The van der Waals surface area contributed by atoms with Crippen molar-refractivity contribution in [3.8, 4) is 5.75 Å². The number of anilines is 2. The Bertz CT molecular complexity index is 1180. The molecule has 0 aliphatic heterocycles. The largest absolute Gasteiger partial charge is 0.494 e. The van der Waals surface area contributed by atoms with Crippen molar-refractivity contribution in [2.24, 2.45) is 0 Å². The molecule has 0 aliphatic carbocycles. The second-order valence-corrected chi connectivity index (χ2v) is 9.01. The monoisotopic (exact) mass is 458 g/mol. The van der Waals surface area contributed by atoms with Gasteiger partial charge in [-0.25, -0.2) is 8.42 Å². The van der Waals surface area contributed by atoms with Crippen LogP contribution in [0.3, 0.4) is 0 Å². The van der Waals surface area contributed by atoms with Crippen molar-refractivity contribution in [2.45, 2.75) is 25.2 Å². The molecule has 0 aromatic heterocycles. The molecule has 6 nitrogen and oxygen atoms in total. The van der Waals surface area contributed by atoms with Gasteiger partial charge in [-0.1, -0.05) is 35.9 Å². The molecule has 0 fully saturated rings. The Kier molecular flexibility index (Phi) is 7.20. The van der Waals surface area contributed by atoms with Crippen LogP contribution in [0, 0.1) is 6.92 Å². The van der Waals surface area contributed by atoms with Gasteiger partial charge in [0.25, 0.3) is 10.0 Å². The van der Waals surface area contributed by atoms with Gasteiger partial charge < -0.3 is 10.1 Å². The lowest BCUT2D eigenvalue weighted by molar-refractivity contribution is -0.115. The average Bonchev–Trinajstić information content (AvgIpc) is 2.71. The molecule has 0 bridgehead atoms. The third kappa shape index (κ3) is 6.23. The molecule has 31 heavy (non-hydrogen) atoms. The first kappa shape index (κ1) is 22.7. The highest BCUT2D eigenvalue weighted by Gasteiger charge is 2.17. The number of amides is 1. The van der Waals surface area contributed by atoms with E-state index in [9.17, 15) is 13.2 Å². The topological polar surface area (TPSA) is 84.5 Å². The maximum atomic E-state index is 12.8. The van der Waals surface area contributed by atoms with Gasteiger partial charge in [-0.3, -0.25) is 9.52 Å². The Labute approximate surface area is 187 Å². The summed E-state index contributed by atoms with van der Waals surface area (Å²) in [7, 11) is -3.85. The van der Waals surface area contributed by atoms with Gasteiger partial charge in [-0.15, -0.1) is 0 Å². The van der Waals surface area contributed by atoms with Gasteiger partial charge in [0, 0.05) is 10.7 Å². The average molecular weight is 459 g/mol.